The highest BCUT2D eigenvalue weighted by Crippen LogP contribution is 2.09. The van der Waals surface area contributed by atoms with Gasteiger partial charge in [-0.2, -0.15) is 0 Å². The molecule has 1 rings (SSSR count). The van der Waals surface area contributed by atoms with Gasteiger partial charge in [0.2, 0.25) is 5.76 Å². The second-order valence-electron chi connectivity index (χ2n) is 3.58. The molecule has 0 aliphatic rings. The normalized spacial score (nSPS) is 11.4. The maximum Gasteiger partial charge on any atom is 0.373 e. The van der Waals surface area contributed by atoms with E-state index in [2.05, 4.69) is 0 Å². The summed E-state index contributed by atoms with van der Waals surface area (Å²) in [4.78, 5) is 11.6. The van der Waals surface area contributed by atoms with Gasteiger partial charge in [0.15, 0.2) is 0 Å². The maximum absolute atomic E-state index is 11.6. The van der Waals surface area contributed by atoms with Crippen LogP contribution in [0.1, 0.15) is 19.4 Å². The molecule has 0 saturated carbocycles. The lowest BCUT2D eigenvalue weighted by molar-refractivity contribution is -0.146. The number of benzene rings is 1. The van der Waals surface area contributed by atoms with Crippen molar-refractivity contribution in [1.82, 2.24) is 0 Å². The van der Waals surface area contributed by atoms with Crippen molar-refractivity contribution in [3.05, 3.63) is 41.7 Å². The Kier molecular flexibility index (Phi) is 4.58. The number of rotatable bonds is 4. The zero-order chi connectivity index (χ0) is 12.0. The van der Waals surface area contributed by atoms with Crippen molar-refractivity contribution in [2.75, 3.05) is 7.11 Å². The molecule has 0 aliphatic heterocycles. The van der Waals surface area contributed by atoms with E-state index in [0.717, 1.165) is 5.56 Å². The Labute approximate surface area is 95.7 Å². The van der Waals surface area contributed by atoms with Crippen molar-refractivity contribution < 1.29 is 14.3 Å². The zero-order valence-electron chi connectivity index (χ0n) is 9.77. The molecule has 3 heteroatoms. The summed E-state index contributed by atoms with van der Waals surface area (Å²) in [6.07, 6.45) is 1.51. The van der Waals surface area contributed by atoms with E-state index in [1.807, 2.05) is 30.3 Å². The van der Waals surface area contributed by atoms with Gasteiger partial charge in [-0.15, -0.1) is 0 Å². The highest BCUT2D eigenvalue weighted by atomic mass is 16.6. The molecule has 16 heavy (non-hydrogen) atoms. The summed E-state index contributed by atoms with van der Waals surface area (Å²) < 4.78 is 10.0. The van der Waals surface area contributed by atoms with Crippen LogP contribution in [0.15, 0.2) is 36.1 Å². The Morgan fingerprint density at radius 3 is 2.38 bits per heavy atom. The SMILES string of the molecule is COC(=Cc1ccccc1)C(=O)OC(C)C. The van der Waals surface area contributed by atoms with Gasteiger partial charge in [-0.1, -0.05) is 30.3 Å². The van der Waals surface area contributed by atoms with Crippen LogP contribution < -0.4 is 0 Å². The molecular weight excluding hydrogens is 204 g/mol. The fraction of sp³-hybridized carbons (Fsp3) is 0.308. The standard InChI is InChI=1S/C13H16O3/c1-10(2)16-13(14)12(15-3)9-11-7-5-4-6-8-11/h4-10H,1-3H3. The minimum Gasteiger partial charge on any atom is -0.490 e. The van der Waals surface area contributed by atoms with E-state index in [-0.39, 0.29) is 11.9 Å². The Morgan fingerprint density at radius 2 is 1.88 bits per heavy atom. The number of esters is 1. The van der Waals surface area contributed by atoms with Gasteiger partial charge < -0.3 is 9.47 Å². The van der Waals surface area contributed by atoms with Crippen LogP contribution in [-0.4, -0.2) is 19.2 Å². The quantitative estimate of drug-likeness (QED) is 0.444. The van der Waals surface area contributed by atoms with Crippen LogP contribution in [0.25, 0.3) is 6.08 Å². The van der Waals surface area contributed by atoms with Crippen molar-refractivity contribution in [3.63, 3.8) is 0 Å². The Hall–Kier alpha value is -1.77. The van der Waals surface area contributed by atoms with Crippen LogP contribution in [0.3, 0.4) is 0 Å². The number of hydrogen-bond donors (Lipinski definition) is 0. The number of ether oxygens (including phenoxy) is 2. The summed E-state index contributed by atoms with van der Waals surface area (Å²) >= 11 is 0. The van der Waals surface area contributed by atoms with Gasteiger partial charge in [0, 0.05) is 0 Å². The molecule has 3 nitrogen and oxygen atoms in total. The highest BCUT2D eigenvalue weighted by molar-refractivity contribution is 5.91. The van der Waals surface area contributed by atoms with Gasteiger partial charge in [0.1, 0.15) is 0 Å². The summed E-state index contributed by atoms with van der Waals surface area (Å²) in [6.45, 7) is 3.60. The number of methoxy groups -OCH3 is 1. The molecule has 0 atom stereocenters. The molecule has 0 N–H and O–H groups in total. The molecule has 0 aromatic heterocycles. The summed E-state index contributed by atoms with van der Waals surface area (Å²) in [5.41, 5.74) is 0.903. The smallest absolute Gasteiger partial charge is 0.373 e. The molecule has 0 fully saturated rings. The minimum absolute atomic E-state index is 0.151. The van der Waals surface area contributed by atoms with Crippen molar-refractivity contribution in [3.8, 4) is 0 Å². The topological polar surface area (TPSA) is 35.5 Å². The average Bonchev–Trinajstić information content (AvgIpc) is 2.26. The average molecular weight is 220 g/mol. The lowest BCUT2D eigenvalue weighted by Gasteiger charge is -2.09. The van der Waals surface area contributed by atoms with Crippen molar-refractivity contribution in [2.45, 2.75) is 20.0 Å². The fourth-order valence-corrected chi connectivity index (χ4v) is 1.17. The van der Waals surface area contributed by atoms with E-state index in [1.54, 1.807) is 19.9 Å². The van der Waals surface area contributed by atoms with Gasteiger partial charge in [0.05, 0.1) is 13.2 Å². The molecule has 1 aromatic rings. The summed E-state index contributed by atoms with van der Waals surface area (Å²) in [7, 11) is 1.45. The first kappa shape index (κ1) is 12.3. The van der Waals surface area contributed by atoms with E-state index in [1.165, 1.54) is 7.11 Å². The largest absolute Gasteiger partial charge is 0.490 e. The van der Waals surface area contributed by atoms with Crippen LogP contribution in [0, 0.1) is 0 Å². The predicted molar refractivity (Wildman–Crippen MR) is 62.7 cm³/mol. The van der Waals surface area contributed by atoms with Gasteiger partial charge >= 0.3 is 5.97 Å². The third-order valence-corrected chi connectivity index (χ3v) is 1.86. The van der Waals surface area contributed by atoms with Gasteiger partial charge in [-0.25, -0.2) is 4.79 Å². The van der Waals surface area contributed by atoms with Crippen molar-refractivity contribution in [1.29, 1.82) is 0 Å². The van der Waals surface area contributed by atoms with E-state index >= 15 is 0 Å². The molecule has 0 radical (unpaired) electrons. The Balaban J connectivity index is 2.82. The number of carbonyl (C=O) groups is 1. The lowest BCUT2D eigenvalue weighted by atomic mass is 10.2. The first-order chi connectivity index (χ1) is 7.63. The van der Waals surface area contributed by atoms with Gasteiger partial charge in [0.25, 0.3) is 0 Å². The monoisotopic (exact) mass is 220 g/mol. The lowest BCUT2D eigenvalue weighted by Crippen LogP contribution is -2.14. The molecular formula is C13H16O3. The first-order valence-electron chi connectivity index (χ1n) is 5.15. The second-order valence-corrected chi connectivity index (χ2v) is 3.58. The minimum atomic E-state index is -0.443. The Morgan fingerprint density at radius 1 is 1.25 bits per heavy atom. The van der Waals surface area contributed by atoms with Gasteiger partial charge in [-0.3, -0.25) is 0 Å². The van der Waals surface area contributed by atoms with Crippen LogP contribution in [0.5, 0.6) is 0 Å². The third kappa shape index (κ3) is 3.77. The fourth-order valence-electron chi connectivity index (χ4n) is 1.17. The molecule has 0 aliphatic carbocycles. The van der Waals surface area contributed by atoms with Crippen LogP contribution in [0.4, 0.5) is 0 Å². The van der Waals surface area contributed by atoms with Crippen molar-refractivity contribution >= 4 is 12.0 Å². The molecule has 0 unspecified atom stereocenters. The van der Waals surface area contributed by atoms with E-state index in [9.17, 15) is 4.79 Å². The summed E-state index contributed by atoms with van der Waals surface area (Å²) in [5.74, 6) is -0.235. The number of carbonyl (C=O) groups excluding carboxylic acids is 1. The van der Waals surface area contributed by atoms with Crippen LogP contribution in [0.2, 0.25) is 0 Å². The molecule has 0 amide bonds. The van der Waals surface area contributed by atoms with E-state index < -0.39 is 5.97 Å². The molecule has 0 bridgehead atoms. The number of hydrogen-bond acceptors (Lipinski definition) is 3. The molecule has 86 valence electrons. The van der Waals surface area contributed by atoms with Crippen LogP contribution in [-0.2, 0) is 14.3 Å². The molecule has 0 spiro atoms. The van der Waals surface area contributed by atoms with Crippen molar-refractivity contribution in [2.24, 2.45) is 0 Å². The molecule has 1 aromatic carbocycles. The highest BCUT2D eigenvalue weighted by Gasteiger charge is 2.12. The molecule has 0 saturated heterocycles. The zero-order valence-corrected chi connectivity index (χ0v) is 9.77. The molecule has 0 heterocycles. The maximum atomic E-state index is 11.6. The first-order valence-corrected chi connectivity index (χ1v) is 5.15. The van der Waals surface area contributed by atoms with Gasteiger partial charge in [-0.05, 0) is 25.5 Å². The predicted octanol–water partition coefficient (Wildman–Crippen LogP) is 2.63. The third-order valence-electron chi connectivity index (χ3n) is 1.86. The van der Waals surface area contributed by atoms with E-state index in [4.69, 9.17) is 9.47 Å². The Bertz CT molecular complexity index is 366. The van der Waals surface area contributed by atoms with Crippen LogP contribution >= 0.6 is 0 Å². The second kappa shape index (κ2) is 5.95. The summed E-state index contributed by atoms with van der Waals surface area (Å²) in [6, 6.07) is 9.49. The summed E-state index contributed by atoms with van der Waals surface area (Å²) in [5, 5.41) is 0. The van der Waals surface area contributed by atoms with E-state index in [0.29, 0.717) is 0 Å².